The molecular formula is C8H9N3O2Pb2. The van der Waals surface area contributed by atoms with Gasteiger partial charge in [0.05, 0.1) is 0 Å². The van der Waals surface area contributed by atoms with Gasteiger partial charge in [-0.15, -0.1) is 0 Å². The maximum atomic E-state index is 5.15. The van der Waals surface area contributed by atoms with Crippen molar-refractivity contribution in [1.29, 1.82) is 0 Å². The molecule has 0 saturated carbocycles. The number of hydrogen-bond acceptors (Lipinski definition) is 5. The van der Waals surface area contributed by atoms with Gasteiger partial charge in [0.2, 0.25) is 0 Å². The molecule has 0 aliphatic carbocycles. The van der Waals surface area contributed by atoms with E-state index < -0.39 is 0 Å². The molecule has 0 amide bonds. The van der Waals surface area contributed by atoms with Gasteiger partial charge in [0.1, 0.15) is 0 Å². The molecule has 0 saturated heterocycles. The summed E-state index contributed by atoms with van der Waals surface area (Å²) in [6, 6.07) is 1.76. The van der Waals surface area contributed by atoms with Gasteiger partial charge in [-0.05, 0) is 0 Å². The molecule has 1 aromatic rings. The molecule has 6 radical (unpaired) electrons. The Morgan fingerprint density at radius 2 is 2.00 bits per heavy atom. The molecule has 0 atom stereocenters. The van der Waals surface area contributed by atoms with E-state index in [1.54, 1.807) is 26.5 Å². The van der Waals surface area contributed by atoms with Crippen molar-refractivity contribution in [2.45, 2.75) is 0 Å². The number of ether oxygens (including phenoxy) is 2. The molecular weight excluding hydrogens is 585 g/mol. The van der Waals surface area contributed by atoms with Crippen LogP contribution >= 0.6 is 0 Å². The van der Waals surface area contributed by atoms with E-state index in [-0.39, 0.29) is 0 Å². The van der Waals surface area contributed by atoms with Crippen molar-refractivity contribution in [3.63, 3.8) is 0 Å². The molecule has 1 rings (SSSR count). The van der Waals surface area contributed by atoms with Crippen LogP contribution in [0.3, 0.4) is 0 Å². The average molecular weight is 594 g/mol. The first-order valence-corrected chi connectivity index (χ1v) is 7.91. The molecule has 7 heteroatoms. The van der Waals surface area contributed by atoms with E-state index in [0.29, 0.717) is 17.3 Å². The number of anilines is 1. The zero-order valence-corrected chi connectivity index (χ0v) is 16.1. The van der Waals surface area contributed by atoms with Crippen LogP contribution in [0.4, 0.5) is 5.82 Å². The number of aromatic nitrogens is 1. The molecule has 0 fully saturated rings. The Bertz CT molecular complexity index is 367. The molecule has 1 aromatic heterocycles. The van der Waals surface area contributed by atoms with Crippen molar-refractivity contribution in [3.8, 4) is 11.5 Å². The standard InChI is InChI=1S/C8H9N3O2.2Pb/c1-9-11-8-4-6(12-2)7(13-3)5-10-8;;/h4-5H,2-3H3,(H,10,11);;. The summed E-state index contributed by atoms with van der Waals surface area (Å²) in [5.41, 5.74) is 2.88. The molecule has 0 bridgehead atoms. The molecule has 5 nitrogen and oxygen atoms in total. The van der Waals surface area contributed by atoms with Crippen LogP contribution in [-0.4, -0.2) is 71.6 Å². The van der Waals surface area contributed by atoms with Gasteiger partial charge in [-0.2, -0.15) is 0 Å². The first-order valence-electron chi connectivity index (χ1n) is 4.02. The fourth-order valence-electron chi connectivity index (χ4n) is 0.911. The number of pyridine rings is 1. The Hall–Kier alpha value is 0.0642. The van der Waals surface area contributed by atoms with Crippen molar-refractivity contribution >= 4 is 58.2 Å². The number of methoxy groups -OCH3 is 2. The molecule has 0 aliphatic rings. The Labute approximate surface area is 120 Å². The summed E-state index contributed by atoms with van der Waals surface area (Å²) in [5.74, 6) is 1.93. The number of hydrazone groups is 1. The molecule has 0 unspecified atom stereocenters. The summed E-state index contributed by atoms with van der Waals surface area (Å²) < 4.78 is 11.4. The second kappa shape index (κ2) is 6.60. The summed E-state index contributed by atoms with van der Waals surface area (Å²) in [6.45, 7) is 0. The summed E-state index contributed by atoms with van der Waals surface area (Å²) in [5, 5.41) is 4.16. The SMILES string of the molecule is COc1cnc(NN=[C]([Pb])[Pb])cc1OC. The van der Waals surface area contributed by atoms with Gasteiger partial charge in [-0.25, -0.2) is 0 Å². The Kier molecular flexibility index (Phi) is 5.78. The van der Waals surface area contributed by atoms with Crippen LogP contribution in [0, 0.1) is 0 Å². The third-order valence-electron chi connectivity index (χ3n) is 1.55. The summed E-state index contributed by atoms with van der Waals surface area (Å²) in [4.78, 5) is 4.14. The molecule has 1 N–H and O–H groups in total. The second-order valence-electron chi connectivity index (χ2n) is 2.50. The van der Waals surface area contributed by atoms with E-state index in [2.05, 4.69) is 15.5 Å². The minimum atomic E-state index is 0.615. The van der Waals surface area contributed by atoms with Crippen molar-refractivity contribution in [2.75, 3.05) is 19.6 Å². The van der Waals surface area contributed by atoms with E-state index in [4.69, 9.17) is 9.47 Å². The fourth-order valence-corrected chi connectivity index (χ4v) is 1.35. The van der Waals surface area contributed by atoms with Gasteiger partial charge in [-0.1, -0.05) is 0 Å². The minimum absolute atomic E-state index is 0.615. The van der Waals surface area contributed by atoms with Gasteiger partial charge in [0.25, 0.3) is 0 Å². The zero-order valence-electron chi connectivity index (χ0n) is 8.37. The van der Waals surface area contributed by atoms with Crippen LogP contribution in [-0.2, 0) is 0 Å². The number of hydrogen-bond donors (Lipinski definition) is 1. The maximum absolute atomic E-state index is 5.15. The zero-order chi connectivity index (χ0) is 11.3. The van der Waals surface area contributed by atoms with Crippen LogP contribution in [0.25, 0.3) is 0 Å². The molecule has 1 heterocycles. The second-order valence-corrected chi connectivity index (χ2v) is 13.7. The van der Waals surface area contributed by atoms with Crippen molar-refractivity contribution in [3.05, 3.63) is 12.3 Å². The van der Waals surface area contributed by atoms with Crippen molar-refractivity contribution in [2.24, 2.45) is 5.10 Å². The van der Waals surface area contributed by atoms with E-state index in [9.17, 15) is 0 Å². The van der Waals surface area contributed by atoms with Gasteiger partial charge in [-0.3, -0.25) is 0 Å². The predicted octanol–water partition coefficient (Wildman–Crippen LogP) is 0.119. The number of rotatable bonds is 4. The number of nitrogens with zero attached hydrogens (tertiary/aromatic N) is 2. The van der Waals surface area contributed by atoms with Crippen LogP contribution in [0.1, 0.15) is 0 Å². The fraction of sp³-hybridized carbons (Fsp3) is 0.250. The van der Waals surface area contributed by atoms with E-state index >= 15 is 0 Å². The monoisotopic (exact) mass is 595 g/mol. The van der Waals surface area contributed by atoms with Crippen LogP contribution in [0.5, 0.6) is 11.5 Å². The molecule has 76 valence electrons. The van der Waals surface area contributed by atoms with Gasteiger partial charge in [0, 0.05) is 0 Å². The third kappa shape index (κ3) is 4.20. The first-order chi connectivity index (χ1) is 7.17. The predicted molar refractivity (Wildman–Crippen MR) is 59.9 cm³/mol. The van der Waals surface area contributed by atoms with Gasteiger partial charge < -0.3 is 0 Å². The Morgan fingerprint density at radius 1 is 1.33 bits per heavy atom. The van der Waals surface area contributed by atoms with E-state index in [1.807, 2.05) is 0 Å². The van der Waals surface area contributed by atoms with Gasteiger partial charge >= 0.3 is 121 Å². The van der Waals surface area contributed by atoms with Crippen molar-refractivity contribution in [1.82, 2.24) is 4.98 Å². The van der Waals surface area contributed by atoms with Crippen LogP contribution in [0.15, 0.2) is 17.4 Å². The number of nitrogens with one attached hydrogen (secondary N) is 1. The Morgan fingerprint density at radius 3 is 2.53 bits per heavy atom. The average Bonchev–Trinajstić information content (AvgIpc) is 2.25. The van der Waals surface area contributed by atoms with E-state index in [1.165, 1.54) is 0.830 Å². The summed E-state index contributed by atoms with van der Waals surface area (Å²) >= 11 is 1.99. The molecule has 0 aromatic carbocycles. The third-order valence-corrected chi connectivity index (χ3v) is 2.42. The molecule has 0 aliphatic heterocycles. The first kappa shape index (κ1) is 13.1. The molecule has 15 heavy (non-hydrogen) atoms. The quantitative estimate of drug-likeness (QED) is 0.307. The van der Waals surface area contributed by atoms with E-state index in [0.717, 1.165) is 51.5 Å². The van der Waals surface area contributed by atoms with Crippen molar-refractivity contribution < 1.29 is 9.47 Å². The Balaban J connectivity index is 2.88. The molecule has 0 spiro atoms. The normalized spacial score (nSPS) is 9.33. The van der Waals surface area contributed by atoms with Crippen LogP contribution in [0.2, 0.25) is 0 Å². The summed E-state index contributed by atoms with van der Waals surface area (Å²) in [7, 11) is 3.17. The van der Waals surface area contributed by atoms with Crippen LogP contribution < -0.4 is 14.9 Å². The summed E-state index contributed by atoms with van der Waals surface area (Å²) in [6.07, 6.45) is 1.61. The van der Waals surface area contributed by atoms with Gasteiger partial charge in [0.15, 0.2) is 0 Å². The topological polar surface area (TPSA) is 55.7 Å².